The third-order valence-electron chi connectivity index (χ3n) is 4.40. The number of ketones is 1. The second kappa shape index (κ2) is 5.59. The van der Waals surface area contributed by atoms with Crippen LogP contribution >= 0.6 is 0 Å². The highest BCUT2D eigenvalue weighted by molar-refractivity contribution is 5.79. The minimum Gasteiger partial charge on any atom is -0.462 e. The molecule has 6 atom stereocenters. The lowest BCUT2D eigenvalue weighted by Crippen LogP contribution is -2.29. The summed E-state index contributed by atoms with van der Waals surface area (Å²) in [6.07, 6.45) is -0.480. The van der Waals surface area contributed by atoms with Gasteiger partial charge in [-0.3, -0.25) is 9.59 Å². The topological polar surface area (TPSA) is 61.8 Å². The molecule has 0 aromatic rings. The quantitative estimate of drug-likeness (QED) is 0.723. The average Bonchev–Trinajstić information content (AvgIpc) is 2.80. The Morgan fingerprint density at radius 1 is 1.37 bits per heavy atom. The Morgan fingerprint density at radius 3 is 2.53 bits per heavy atom. The highest BCUT2D eigenvalue weighted by atomic mass is 16.7. The molecule has 2 heterocycles. The van der Waals surface area contributed by atoms with Crippen LogP contribution in [0.3, 0.4) is 0 Å². The van der Waals surface area contributed by atoms with Crippen molar-refractivity contribution >= 4 is 11.8 Å². The first-order chi connectivity index (χ1) is 8.91. The predicted molar refractivity (Wildman–Crippen MR) is 67.2 cm³/mol. The third-order valence-corrected chi connectivity index (χ3v) is 4.40. The zero-order chi connectivity index (χ0) is 14.2. The Labute approximate surface area is 113 Å². The molecule has 2 aliphatic heterocycles. The fraction of sp³-hybridized carbons (Fsp3) is 0.857. The van der Waals surface area contributed by atoms with Gasteiger partial charge in [0.25, 0.3) is 0 Å². The standard InChI is InChI=1S/C14H22O5/c1-7-12(10(4)19-13(7)16)6-18-14-8(2)11(5-17-14)9(3)15/h7-8,10-12,14H,5-6H2,1-4H3. The summed E-state index contributed by atoms with van der Waals surface area (Å²) in [5, 5.41) is 0. The van der Waals surface area contributed by atoms with Crippen molar-refractivity contribution in [3.05, 3.63) is 0 Å². The number of esters is 1. The number of rotatable bonds is 4. The molecule has 5 nitrogen and oxygen atoms in total. The first kappa shape index (κ1) is 14.5. The van der Waals surface area contributed by atoms with E-state index in [1.807, 2.05) is 20.8 Å². The van der Waals surface area contributed by atoms with Crippen molar-refractivity contribution in [2.24, 2.45) is 23.7 Å². The van der Waals surface area contributed by atoms with Gasteiger partial charge >= 0.3 is 5.97 Å². The van der Waals surface area contributed by atoms with Gasteiger partial charge in [-0.05, 0) is 13.8 Å². The largest absolute Gasteiger partial charge is 0.462 e. The van der Waals surface area contributed by atoms with Crippen molar-refractivity contribution in [2.75, 3.05) is 13.2 Å². The molecular formula is C14H22O5. The zero-order valence-electron chi connectivity index (χ0n) is 11.9. The van der Waals surface area contributed by atoms with Crippen LogP contribution in [0, 0.1) is 23.7 Å². The maximum Gasteiger partial charge on any atom is 0.309 e. The maximum atomic E-state index is 11.4. The summed E-state index contributed by atoms with van der Waals surface area (Å²) >= 11 is 0. The van der Waals surface area contributed by atoms with Crippen molar-refractivity contribution in [3.8, 4) is 0 Å². The lowest BCUT2D eigenvalue weighted by Gasteiger charge is -2.22. The van der Waals surface area contributed by atoms with Crippen LogP contribution in [0.25, 0.3) is 0 Å². The van der Waals surface area contributed by atoms with E-state index < -0.39 is 0 Å². The van der Waals surface area contributed by atoms with Gasteiger partial charge in [-0.25, -0.2) is 0 Å². The second-order valence-electron chi connectivity index (χ2n) is 5.71. The minimum atomic E-state index is -0.357. The highest BCUT2D eigenvalue weighted by Gasteiger charge is 2.42. The molecule has 0 bridgehead atoms. The summed E-state index contributed by atoms with van der Waals surface area (Å²) in [7, 11) is 0. The molecule has 6 unspecified atom stereocenters. The van der Waals surface area contributed by atoms with E-state index in [9.17, 15) is 9.59 Å². The van der Waals surface area contributed by atoms with Gasteiger partial charge in [-0.2, -0.15) is 0 Å². The second-order valence-corrected chi connectivity index (χ2v) is 5.71. The lowest BCUT2D eigenvalue weighted by atomic mass is 9.92. The molecule has 0 aliphatic carbocycles. The number of hydrogen-bond acceptors (Lipinski definition) is 5. The van der Waals surface area contributed by atoms with Crippen molar-refractivity contribution in [3.63, 3.8) is 0 Å². The molecule has 0 spiro atoms. The number of cyclic esters (lactones) is 1. The molecule has 5 heteroatoms. The van der Waals surface area contributed by atoms with Crippen molar-refractivity contribution in [2.45, 2.75) is 40.1 Å². The monoisotopic (exact) mass is 270 g/mol. The smallest absolute Gasteiger partial charge is 0.309 e. The minimum absolute atomic E-state index is 0.0553. The number of carbonyl (C=O) groups is 2. The van der Waals surface area contributed by atoms with Crippen LogP contribution in [0.1, 0.15) is 27.7 Å². The van der Waals surface area contributed by atoms with Gasteiger partial charge in [-0.15, -0.1) is 0 Å². The maximum absolute atomic E-state index is 11.4. The van der Waals surface area contributed by atoms with E-state index in [0.29, 0.717) is 13.2 Å². The first-order valence-electron chi connectivity index (χ1n) is 6.86. The Hall–Kier alpha value is -0.940. The van der Waals surface area contributed by atoms with Gasteiger partial charge in [0.05, 0.1) is 19.1 Å². The molecule has 0 aromatic heterocycles. The number of carbonyl (C=O) groups excluding carboxylic acids is 2. The normalized spacial score (nSPS) is 42.4. The molecule has 19 heavy (non-hydrogen) atoms. The van der Waals surface area contributed by atoms with E-state index in [2.05, 4.69) is 0 Å². The molecule has 0 amide bonds. The summed E-state index contributed by atoms with van der Waals surface area (Å²) < 4.78 is 16.5. The summed E-state index contributed by atoms with van der Waals surface area (Å²) in [6.45, 7) is 8.14. The fourth-order valence-electron chi connectivity index (χ4n) is 2.82. The molecule has 0 radical (unpaired) electrons. The summed E-state index contributed by atoms with van der Waals surface area (Å²) in [5.74, 6) is -0.139. The van der Waals surface area contributed by atoms with Gasteiger partial charge in [0.2, 0.25) is 0 Å². The Kier molecular flexibility index (Phi) is 4.26. The van der Waals surface area contributed by atoms with E-state index in [0.717, 1.165) is 0 Å². The molecule has 108 valence electrons. The third kappa shape index (κ3) is 2.82. The summed E-state index contributed by atoms with van der Waals surface area (Å²) in [5.41, 5.74) is 0. The molecule has 2 aliphatic rings. The molecule has 2 rings (SSSR count). The van der Waals surface area contributed by atoms with Crippen LogP contribution < -0.4 is 0 Å². The van der Waals surface area contributed by atoms with Gasteiger partial charge in [0.1, 0.15) is 11.9 Å². The SMILES string of the molecule is CC(=O)C1COC(OCC2C(C)OC(=O)C2C)C1C. The van der Waals surface area contributed by atoms with Crippen LogP contribution in [-0.2, 0) is 23.8 Å². The molecule has 0 N–H and O–H groups in total. The Morgan fingerprint density at radius 2 is 2.05 bits per heavy atom. The first-order valence-corrected chi connectivity index (χ1v) is 6.86. The lowest BCUT2D eigenvalue weighted by molar-refractivity contribution is -0.143. The van der Waals surface area contributed by atoms with Crippen LogP contribution in [-0.4, -0.2) is 37.4 Å². The molecule has 2 fully saturated rings. The van der Waals surface area contributed by atoms with Crippen molar-refractivity contribution in [1.29, 1.82) is 0 Å². The fourth-order valence-corrected chi connectivity index (χ4v) is 2.82. The molecular weight excluding hydrogens is 248 g/mol. The van der Waals surface area contributed by atoms with E-state index >= 15 is 0 Å². The highest BCUT2D eigenvalue weighted by Crippen LogP contribution is 2.32. The van der Waals surface area contributed by atoms with E-state index in [4.69, 9.17) is 14.2 Å². The van der Waals surface area contributed by atoms with Crippen LogP contribution in [0.5, 0.6) is 0 Å². The van der Waals surface area contributed by atoms with Crippen LogP contribution in [0.4, 0.5) is 0 Å². The van der Waals surface area contributed by atoms with Gasteiger partial charge in [-0.1, -0.05) is 13.8 Å². The van der Waals surface area contributed by atoms with Gasteiger partial charge in [0.15, 0.2) is 6.29 Å². The molecule has 0 aromatic carbocycles. The van der Waals surface area contributed by atoms with Crippen LogP contribution in [0.2, 0.25) is 0 Å². The van der Waals surface area contributed by atoms with Crippen molar-refractivity contribution in [1.82, 2.24) is 0 Å². The Balaban J connectivity index is 1.86. The number of ether oxygens (including phenoxy) is 3. The van der Waals surface area contributed by atoms with E-state index in [1.54, 1.807) is 6.92 Å². The van der Waals surface area contributed by atoms with E-state index in [-0.39, 0.29) is 47.8 Å². The van der Waals surface area contributed by atoms with Gasteiger partial charge in [0, 0.05) is 17.8 Å². The molecule has 2 saturated heterocycles. The van der Waals surface area contributed by atoms with E-state index in [1.165, 1.54) is 0 Å². The number of hydrogen-bond donors (Lipinski definition) is 0. The predicted octanol–water partition coefficient (Wildman–Crippen LogP) is 1.40. The van der Waals surface area contributed by atoms with Gasteiger partial charge < -0.3 is 14.2 Å². The Bertz CT molecular complexity index is 367. The summed E-state index contributed by atoms with van der Waals surface area (Å²) in [6, 6.07) is 0. The zero-order valence-corrected chi connectivity index (χ0v) is 11.9. The molecule has 0 saturated carbocycles. The summed E-state index contributed by atoms with van der Waals surface area (Å²) in [4.78, 5) is 22.9. The average molecular weight is 270 g/mol. The van der Waals surface area contributed by atoms with Crippen LogP contribution in [0.15, 0.2) is 0 Å². The number of Topliss-reactive ketones (excluding diaryl/α,β-unsaturated/α-hetero) is 1. The van der Waals surface area contributed by atoms with Crippen molar-refractivity contribution < 1.29 is 23.8 Å².